The molecular formula is C26H23FN4O2. The first-order valence-corrected chi connectivity index (χ1v) is 10.9. The summed E-state index contributed by atoms with van der Waals surface area (Å²) in [6, 6.07) is 18.6. The van der Waals surface area contributed by atoms with Crippen molar-refractivity contribution in [3.63, 3.8) is 0 Å². The van der Waals surface area contributed by atoms with Gasteiger partial charge in [0.1, 0.15) is 17.4 Å². The number of aromatic hydroxyl groups is 1. The fraction of sp³-hybridized carbons (Fsp3) is 0.192. The number of hydrogen-bond donors (Lipinski definition) is 2. The number of aryl methyl sites for hydroxylation is 1. The van der Waals surface area contributed by atoms with Crippen LogP contribution in [0.5, 0.6) is 5.75 Å². The fourth-order valence-electron chi connectivity index (χ4n) is 4.22. The average Bonchev–Trinajstić information content (AvgIpc) is 3.26. The molecule has 7 heteroatoms. The van der Waals surface area contributed by atoms with Crippen LogP contribution in [0.1, 0.15) is 22.3 Å². The van der Waals surface area contributed by atoms with Crippen LogP contribution >= 0.6 is 0 Å². The van der Waals surface area contributed by atoms with Gasteiger partial charge in [0.05, 0.1) is 11.1 Å². The quantitative estimate of drug-likeness (QED) is 0.488. The molecule has 5 rings (SSSR count). The number of carbonyl (C=O) groups is 1. The predicted octanol–water partition coefficient (Wildman–Crippen LogP) is 4.46. The van der Waals surface area contributed by atoms with E-state index in [0.29, 0.717) is 30.0 Å². The van der Waals surface area contributed by atoms with Crippen molar-refractivity contribution in [2.45, 2.75) is 19.4 Å². The summed E-state index contributed by atoms with van der Waals surface area (Å²) < 4.78 is 13.5. The van der Waals surface area contributed by atoms with Gasteiger partial charge in [0.15, 0.2) is 5.82 Å². The van der Waals surface area contributed by atoms with Crippen LogP contribution in [-0.2, 0) is 0 Å². The van der Waals surface area contributed by atoms with Gasteiger partial charge in [-0.05, 0) is 61.4 Å². The van der Waals surface area contributed by atoms with Crippen molar-refractivity contribution in [2.75, 3.05) is 18.0 Å². The maximum absolute atomic E-state index is 13.5. The second-order valence-electron chi connectivity index (χ2n) is 8.32. The van der Waals surface area contributed by atoms with E-state index in [4.69, 9.17) is 9.97 Å². The van der Waals surface area contributed by atoms with Crippen LogP contribution in [0.2, 0.25) is 0 Å². The summed E-state index contributed by atoms with van der Waals surface area (Å²) in [5.74, 6) is 0.612. The largest absolute Gasteiger partial charge is 0.507 e. The first-order chi connectivity index (χ1) is 16.0. The average molecular weight is 442 g/mol. The Morgan fingerprint density at radius 1 is 1.09 bits per heavy atom. The van der Waals surface area contributed by atoms with Gasteiger partial charge in [-0.15, -0.1) is 0 Å². The van der Waals surface area contributed by atoms with Crippen molar-refractivity contribution in [2.24, 2.45) is 0 Å². The highest BCUT2D eigenvalue weighted by molar-refractivity contribution is 5.95. The Balaban J connectivity index is 1.46. The van der Waals surface area contributed by atoms with E-state index in [9.17, 15) is 14.3 Å². The Hall–Kier alpha value is -4.00. The number of anilines is 1. The molecule has 2 N–H and O–H groups in total. The number of rotatable bonds is 4. The zero-order chi connectivity index (χ0) is 22.9. The molecule has 0 aliphatic carbocycles. The van der Waals surface area contributed by atoms with Gasteiger partial charge in [0.2, 0.25) is 0 Å². The molecule has 0 bridgehead atoms. The SMILES string of the molecule is Cc1ccc2c(N3CC[C@@H](NC(=O)c4cccc(F)c4)C3)nc(-c3ccccc3O)nc2c1. The summed E-state index contributed by atoms with van der Waals surface area (Å²) in [7, 11) is 0. The van der Waals surface area contributed by atoms with Gasteiger partial charge in [0.25, 0.3) is 5.91 Å². The zero-order valence-corrected chi connectivity index (χ0v) is 18.1. The number of nitrogens with one attached hydrogen (secondary N) is 1. The minimum absolute atomic E-state index is 0.0928. The molecule has 0 unspecified atom stereocenters. The predicted molar refractivity (Wildman–Crippen MR) is 126 cm³/mol. The van der Waals surface area contributed by atoms with E-state index in [1.807, 2.05) is 31.2 Å². The second kappa shape index (κ2) is 8.50. The molecule has 1 atom stereocenters. The number of benzene rings is 3. The number of fused-ring (bicyclic) bond motifs is 1. The first-order valence-electron chi connectivity index (χ1n) is 10.9. The molecule has 3 aromatic carbocycles. The number of phenols is 1. The van der Waals surface area contributed by atoms with Crippen molar-refractivity contribution in [3.05, 3.63) is 83.7 Å². The number of hydrogen-bond acceptors (Lipinski definition) is 5. The third-order valence-corrected chi connectivity index (χ3v) is 5.89. The number of phenolic OH excluding ortho intramolecular Hbond substituents is 1. The van der Waals surface area contributed by atoms with E-state index in [1.54, 1.807) is 24.3 Å². The first kappa shape index (κ1) is 20.9. The number of halogens is 1. The molecule has 4 aromatic rings. The topological polar surface area (TPSA) is 78.4 Å². The molecule has 6 nitrogen and oxygen atoms in total. The summed E-state index contributed by atoms with van der Waals surface area (Å²) in [6.45, 7) is 3.28. The molecule has 166 valence electrons. The van der Waals surface area contributed by atoms with Gasteiger partial charge in [-0.2, -0.15) is 0 Å². The van der Waals surface area contributed by atoms with Crippen LogP contribution in [0.15, 0.2) is 66.7 Å². The Kier molecular flexibility index (Phi) is 5.38. The molecule has 1 aliphatic rings. The molecule has 1 amide bonds. The summed E-state index contributed by atoms with van der Waals surface area (Å²) in [4.78, 5) is 24.2. The van der Waals surface area contributed by atoms with Crippen LogP contribution in [0.25, 0.3) is 22.3 Å². The highest BCUT2D eigenvalue weighted by atomic mass is 19.1. The van der Waals surface area contributed by atoms with E-state index < -0.39 is 5.82 Å². The Labute approximate surface area is 190 Å². The molecule has 1 aliphatic heterocycles. The summed E-state index contributed by atoms with van der Waals surface area (Å²) in [5.41, 5.74) is 2.75. The summed E-state index contributed by atoms with van der Waals surface area (Å²) >= 11 is 0. The molecule has 1 aromatic heterocycles. The van der Waals surface area contributed by atoms with Crippen LogP contribution in [-0.4, -0.2) is 40.1 Å². The molecule has 1 fully saturated rings. The van der Waals surface area contributed by atoms with Gasteiger partial charge >= 0.3 is 0 Å². The highest BCUT2D eigenvalue weighted by Gasteiger charge is 2.27. The minimum Gasteiger partial charge on any atom is -0.507 e. The van der Waals surface area contributed by atoms with Crippen LogP contribution in [0, 0.1) is 12.7 Å². The van der Waals surface area contributed by atoms with Gasteiger partial charge in [0, 0.05) is 30.1 Å². The number of para-hydroxylation sites is 1. The van der Waals surface area contributed by atoms with Gasteiger partial charge in [-0.25, -0.2) is 14.4 Å². The number of nitrogens with zero attached hydrogens (tertiary/aromatic N) is 3. The van der Waals surface area contributed by atoms with E-state index in [2.05, 4.69) is 10.2 Å². The van der Waals surface area contributed by atoms with Crippen molar-refractivity contribution >= 4 is 22.6 Å². The normalized spacial score (nSPS) is 15.7. The lowest BCUT2D eigenvalue weighted by molar-refractivity contribution is 0.0940. The number of aromatic nitrogens is 2. The monoisotopic (exact) mass is 442 g/mol. The molecule has 2 heterocycles. The maximum atomic E-state index is 13.5. The summed E-state index contributed by atoms with van der Waals surface area (Å²) in [6.07, 6.45) is 0.740. The lowest BCUT2D eigenvalue weighted by Crippen LogP contribution is -2.37. The molecule has 1 saturated heterocycles. The van der Waals surface area contributed by atoms with Crippen molar-refractivity contribution in [1.29, 1.82) is 0 Å². The van der Waals surface area contributed by atoms with E-state index in [0.717, 1.165) is 28.7 Å². The van der Waals surface area contributed by atoms with Crippen LogP contribution in [0.4, 0.5) is 10.2 Å². The van der Waals surface area contributed by atoms with Gasteiger partial charge in [-0.1, -0.05) is 24.3 Å². The van der Waals surface area contributed by atoms with Crippen LogP contribution in [0.3, 0.4) is 0 Å². The second-order valence-corrected chi connectivity index (χ2v) is 8.32. The van der Waals surface area contributed by atoms with Gasteiger partial charge < -0.3 is 15.3 Å². The lowest BCUT2D eigenvalue weighted by Gasteiger charge is -2.21. The molecule has 33 heavy (non-hydrogen) atoms. The third-order valence-electron chi connectivity index (χ3n) is 5.89. The number of carbonyl (C=O) groups excluding carboxylic acids is 1. The van der Waals surface area contributed by atoms with E-state index in [1.165, 1.54) is 18.2 Å². The third kappa shape index (κ3) is 4.22. The molecule has 0 saturated carbocycles. The van der Waals surface area contributed by atoms with E-state index >= 15 is 0 Å². The van der Waals surface area contributed by atoms with Crippen molar-refractivity contribution in [1.82, 2.24) is 15.3 Å². The summed E-state index contributed by atoms with van der Waals surface area (Å²) in [5, 5.41) is 14.3. The molecule has 0 spiro atoms. The zero-order valence-electron chi connectivity index (χ0n) is 18.1. The standard InChI is InChI=1S/C26H23FN4O2/c1-16-9-10-20-22(13-16)29-24(21-7-2-3-8-23(21)32)30-25(20)31-12-11-19(15-31)28-26(33)17-5-4-6-18(27)14-17/h2-10,13-14,19,32H,11-12,15H2,1H3,(H,28,33)/t19-/m1/s1. The van der Waals surface area contributed by atoms with Crippen molar-refractivity contribution < 1.29 is 14.3 Å². The smallest absolute Gasteiger partial charge is 0.251 e. The lowest BCUT2D eigenvalue weighted by atomic mass is 10.1. The Morgan fingerprint density at radius 2 is 1.94 bits per heavy atom. The Bertz CT molecular complexity index is 1360. The molecule has 0 radical (unpaired) electrons. The van der Waals surface area contributed by atoms with E-state index in [-0.39, 0.29) is 17.7 Å². The fourth-order valence-corrected chi connectivity index (χ4v) is 4.22. The highest BCUT2D eigenvalue weighted by Crippen LogP contribution is 2.33. The van der Waals surface area contributed by atoms with Gasteiger partial charge in [-0.3, -0.25) is 4.79 Å². The molecular weight excluding hydrogens is 419 g/mol. The minimum atomic E-state index is -0.435. The number of amides is 1. The van der Waals surface area contributed by atoms with Crippen LogP contribution < -0.4 is 10.2 Å². The Morgan fingerprint density at radius 3 is 2.76 bits per heavy atom. The maximum Gasteiger partial charge on any atom is 0.251 e. The van der Waals surface area contributed by atoms with Crippen molar-refractivity contribution in [3.8, 4) is 17.1 Å².